The van der Waals surface area contributed by atoms with Gasteiger partial charge in [-0.1, -0.05) is 53.4 Å². The number of hydrogen-bond donors (Lipinski definition) is 1. The van der Waals surface area contributed by atoms with Gasteiger partial charge in [0.05, 0.1) is 0 Å². The number of likely N-dealkylation sites (tertiary alicyclic amines) is 1. The molecule has 1 fully saturated rings. The van der Waals surface area contributed by atoms with Crippen LogP contribution in [-0.4, -0.2) is 40.5 Å². The molecule has 0 unspecified atom stereocenters. The molecule has 1 aliphatic heterocycles. The standard InChI is InChI=1S/C15H20N4S2/c16-14-17-18-15(21-14)20-11-10-19-8-6-13(7-9-19)12-4-2-1-3-5-12/h1-5,13H,6-11H2,(H2,16,17). The molecule has 6 heteroatoms. The van der Waals surface area contributed by atoms with Crippen LogP contribution in [0.2, 0.25) is 0 Å². The van der Waals surface area contributed by atoms with Gasteiger partial charge in [0.2, 0.25) is 5.13 Å². The zero-order chi connectivity index (χ0) is 14.5. The van der Waals surface area contributed by atoms with Crippen LogP contribution < -0.4 is 5.73 Å². The minimum Gasteiger partial charge on any atom is -0.374 e. The number of thioether (sulfide) groups is 1. The van der Waals surface area contributed by atoms with E-state index >= 15 is 0 Å². The van der Waals surface area contributed by atoms with Gasteiger partial charge in [-0.3, -0.25) is 0 Å². The van der Waals surface area contributed by atoms with E-state index in [0.717, 1.165) is 22.6 Å². The summed E-state index contributed by atoms with van der Waals surface area (Å²) in [5.74, 6) is 1.79. The van der Waals surface area contributed by atoms with E-state index in [-0.39, 0.29) is 0 Å². The third kappa shape index (κ3) is 4.18. The van der Waals surface area contributed by atoms with Crippen molar-refractivity contribution in [1.82, 2.24) is 15.1 Å². The Labute approximate surface area is 133 Å². The number of hydrogen-bond acceptors (Lipinski definition) is 6. The number of piperidine rings is 1. The summed E-state index contributed by atoms with van der Waals surface area (Å²) in [6.45, 7) is 3.50. The average molecular weight is 320 g/mol. The summed E-state index contributed by atoms with van der Waals surface area (Å²) < 4.78 is 0.978. The Bertz CT molecular complexity index is 550. The summed E-state index contributed by atoms with van der Waals surface area (Å²) in [6.07, 6.45) is 2.53. The Morgan fingerprint density at radius 1 is 1.19 bits per heavy atom. The topological polar surface area (TPSA) is 55.0 Å². The minimum atomic E-state index is 0.557. The fraction of sp³-hybridized carbons (Fsp3) is 0.467. The van der Waals surface area contributed by atoms with Crippen molar-refractivity contribution in [2.45, 2.75) is 23.1 Å². The number of aromatic nitrogens is 2. The zero-order valence-corrected chi connectivity index (χ0v) is 13.6. The first-order chi connectivity index (χ1) is 10.3. The Kier molecular flexibility index (Phi) is 5.11. The van der Waals surface area contributed by atoms with Crippen molar-refractivity contribution in [3.8, 4) is 0 Å². The second-order valence-electron chi connectivity index (χ2n) is 5.28. The summed E-state index contributed by atoms with van der Waals surface area (Å²) in [5, 5.41) is 8.43. The maximum absolute atomic E-state index is 5.58. The molecule has 4 nitrogen and oxygen atoms in total. The van der Waals surface area contributed by atoms with Crippen LogP contribution in [0.15, 0.2) is 34.7 Å². The molecule has 3 rings (SSSR count). The van der Waals surface area contributed by atoms with Crippen molar-refractivity contribution >= 4 is 28.2 Å². The lowest BCUT2D eigenvalue weighted by molar-refractivity contribution is 0.224. The summed E-state index contributed by atoms with van der Waals surface area (Å²) in [5.41, 5.74) is 7.08. The van der Waals surface area contributed by atoms with Crippen LogP contribution in [-0.2, 0) is 0 Å². The highest BCUT2D eigenvalue weighted by molar-refractivity contribution is 8.01. The first-order valence-corrected chi connectivity index (χ1v) is 9.10. The molecular formula is C15H20N4S2. The third-order valence-corrected chi connectivity index (χ3v) is 5.78. The molecule has 2 aromatic rings. The van der Waals surface area contributed by atoms with E-state index in [1.54, 1.807) is 11.8 Å². The maximum atomic E-state index is 5.58. The lowest BCUT2D eigenvalue weighted by Gasteiger charge is -2.32. The van der Waals surface area contributed by atoms with Crippen LogP contribution in [0.1, 0.15) is 24.3 Å². The molecule has 1 aliphatic rings. The highest BCUT2D eigenvalue weighted by atomic mass is 32.2. The molecule has 1 saturated heterocycles. The maximum Gasteiger partial charge on any atom is 0.203 e. The van der Waals surface area contributed by atoms with Crippen molar-refractivity contribution in [1.29, 1.82) is 0 Å². The molecule has 1 aromatic carbocycles. The van der Waals surface area contributed by atoms with E-state index in [9.17, 15) is 0 Å². The molecule has 2 heterocycles. The van der Waals surface area contributed by atoms with Crippen molar-refractivity contribution in [2.75, 3.05) is 31.1 Å². The number of anilines is 1. The number of nitrogen functional groups attached to an aromatic ring is 1. The van der Waals surface area contributed by atoms with Gasteiger partial charge in [-0.2, -0.15) is 0 Å². The normalized spacial score (nSPS) is 17.1. The fourth-order valence-electron chi connectivity index (χ4n) is 2.76. The first kappa shape index (κ1) is 14.8. The average Bonchev–Trinajstić information content (AvgIpc) is 2.94. The molecule has 112 valence electrons. The number of rotatable bonds is 5. The summed E-state index contributed by atoms with van der Waals surface area (Å²) in [6, 6.07) is 10.9. The second kappa shape index (κ2) is 7.24. The molecule has 0 aliphatic carbocycles. The molecule has 2 N–H and O–H groups in total. The van der Waals surface area contributed by atoms with E-state index in [0.29, 0.717) is 5.13 Å². The van der Waals surface area contributed by atoms with E-state index < -0.39 is 0 Å². The predicted molar refractivity (Wildman–Crippen MR) is 89.9 cm³/mol. The van der Waals surface area contributed by atoms with Gasteiger partial charge in [-0.15, -0.1) is 10.2 Å². The fourth-order valence-corrected chi connectivity index (χ4v) is 4.46. The van der Waals surface area contributed by atoms with Crippen molar-refractivity contribution < 1.29 is 0 Å². The largest absolute Gasteiger partial charge is 0.374 e. The van der Waals surface area contributed by atoms with Gasteiger partial charge in [-0.25, -0.2) is 0 Å². The van der Waals surface area contributed by atoms with Gasteiger partial charge in [0.15, 0.2) is 4.34 Å². The SMILES string of the molecule is Nc1nnc(SCCN2CCC(c3ccccc3)CC2)s1. The van der Waals surface area contributed by atoms with Gasteiger partial charge in [-0.05, 0) is 37.4 Å². The Morgan fingerprint density at radius 3 is 2.62 bits per heavy atom. The van der Waals surface area contributed by atoms with Gasteiger partial charge in [0.25, 0.3) is 0 Å². The Hall–Kier alpha value is -1.11. The van der Waals surface area contributed by atoms with Crippen molar-refractivity contribution in [2.24, 2.45) is 0 Å². The Morgan fingerprint density at radius 2 is 1.95 bits per heavy atom. The molecule has 1 aromatic heterocycles. The second-order valence-corrected chi connectivity index (χ2v) is 7.63. The first-order valence-electron chi connectivity index (χ1n) is 7.30. The zero-order valence-electron chi connectivity index (χ0n) is 11.9. The van der Waals surface area contributed by atoms with Gasteiger partial charge >= 0.3 is 0 Å². The molecule has 0 radical (unpaired) electrons. The van der Waals surface area contributed by atoms with Crippen LogP contribution in [0.25, 0.3) is 0 Å². The highest BCUT2D eigenvalue weighted by Crippen LogP contribution is 2.28. The van der Waals surface area contributed by atoms with Gasteiger partial charge in [0, 0.05) is 12.3 Å². The lowest BCUT2D eigenvalue weighted by atomic mass is 9.89. The number of benzene rings is 1. The highest BCUT2D eigenvalue weighted by Gasteiger charge is 2.20. The van der Waals surface area contributed by atoms with Crippen molar-refractivity contribution in [3.63, 3.8) is 0 Å². The minimum absolute atomic E-state index is 0.557. The predicted octanol–water partition coefficient (Wildman–Crippen LogP) is 3.09. The van der Waals surface area contributed by atoms with E-state index in [1.807, 2.05) is 0 Å². The van der Waals surface area contributed by atoms with Crippen LogP contribution in [0, 0.1) is 0 Å². The van der Waals surface area contributed by atoms with Crippen LogP contribution in [0.5, 0.6) is 0 Å². The van der Waals surface area contributed by atoms with Crippen LogP contribution in [0.4, 0.5) is 5.13 Å². The van der Waals surface area contributed by atoms with E-state index in [1.165, 1.54) is 42.8 Å². The van der Waals surface area contributed by atoms with E-state index in [2.05, 4.69) is 45.4 Å². The molecule has 0 atom stereocenters. The molecule has 0 spiro atoms. The van der Waals surface area contributed by atoms with Gasteiger partial charge in [0.1, 0.15) is 0 Å². The molecule has 0 bridgehead atoms. The monoisotopic (exact) mass is 320 g/mol. The molecule has 0 amide bonds. The summed E-state index contributed by atoms with van der Waals surface area (Å²) in [4.78, 5) is 2.55. The van der Waals surface area contributed by atoms with E-state index in [4.69, 9.17) is 5.73 Å². The third-order valence-electron chi connectivity index (χ3n) is 3.91. The van der Waals surface area contributed by atoms with Crippen molar-refractivity contribution in [3.05, 3.63) is 35.9 Å². The molecule has 0 saturated carbocycles. The molecular weight excluding hydrogens is 300 g/mol. The smallest absolute Gasteiger partial charge is 0.203 e. The Balaban J connectivity index is 1.40. The van der Waals surface area contributed by atoms with Gasteiger partial charge < -0.3 is 10.6 Å². The number of nitrogens with zero attached hydrogens (tertiary/aromatic N) is 3. The molecule has 21 heavy (non-hydrogen) atoms. The lowest BCUT2D eigenvalue weighted by Crippen LogP contribution is -2.34. The quantitative estimate of drug-likeness (QED) is 0.858. The summed E-state index contributed by atoms with van der Waals surface area (Å²) >= 11 is 3.23. The number of nitrogens with two attached hydrogens (primary N) is 1. The summed E-state index contributed by atoms with van der Waals surface area (Å²) in [7, 11) is 0. The van der Waals surface area contributed by atoms with Crippen LogP contribution >= 0.6 is 23.1 Å². The van der Waals surface area contributed by atoms with Crippen LogP contribution in [0.3, 0.4) is 0 Å².